The highest BCUT2D eigenvalue weighted by molar-refractivity contribution is 7.07. The summed E-state index contributed by atoms with van der Waals surface area (Å²) in [6.45, 7) is 9.33. The number of thiazole rings is 1. The molecule has 1 heterocycles. The monoisotopic (exact) mass is 741 g/mol. The maximum absolute atomic E-state index is 14.1. The van der Waals surface area contributed by atoms with E-state index < -0.39 is 42.1 Å². The molecule has 2 aromatic carbocycles. The van der Waals surface area contributed by atoms with E-state index in [1.165, 1.54) is 11.3 Å². The molecule has 0 aliphatic rings. The molecule has 0 aliphatic carbocycles. The SMILES string of the molecule is CCC(C)CNC(=O)CC(O)C(CC(C)C)NC(=O)[C@H](Cc1cscn1)NC(=O)[C@H](Cc1cccc2ccccc12)NC(=O)OCCOCCOC. The average molecular weight is 742 g/mol. The van der Waals surface area contributed by atoms with E-state index in [1.807, 2.05) is 70.2 Å². The van der Waals surface area contributed by atoms with Crippen molar-refractivity contribution in [3.63, 3.8) is 0 Å². The molecule has 0 spiro atoms. The van der Waals surface area contributed by atoms with Gasteiger partial charge in [-0.15, -0.1) is 11.3 Å². The summed E-state index contributed by atoms with van der Waals surface area (Å²) in [4.78, 5) is 58.0. The van der Waals surface area contributed by atoms with Crippen molar-refractivity contribution < 1.29 is 38.5 Å². The zero-order valence-electron chi connectivity index (χ0n) is 30.9. The minimum atomic E-state index is -1.16. The number of benzene rings is 2. The summed E-state index contributed by atoms with van der Waals surface area (Å²) in [6.07, 6.45) is -0.687. The third-order valence-corrected chi connectivity index (χ3v) is 9.23. The fourth-order valence-corrected chi connectivity index (χ4v) is 6.06. The molecule has 0 bridgehead atoms. The van der Waals surface area contributed by atoms with Crippen LogP contribution in [0, 0.1) is 11.8 Å². The van der Waals surface area contributed by atoms with Crippen LogP contribution in [0.15, 0.2) is 53.4 Å². The van der Waals surface area contributed by atoms with Crippen LogP contribution in [0.25, 0.3) is 10.8 Å². The van der Waals surface area contributed by atoms with Gasteiger partial charge < -0.3 is 40.6 Å². The zero-order valence-corrected chi connectivity index (χ0v) is 31.7. The van der Waals surface area contributed by atoms with Crippen molar-refractivity contribution >= 4 is 45.9 Å². The number of nitrogens with zero attached hydrogens (tertiary/aromatic N) is 1. The smallest absolute Gasteiger partial charge is 0.407 e. The molecule has 14 heteroatoms. The number of aromatic nitrogens is 1. The lowest BCUT2D eigenvalue weighted by atomic mass is 9.96. The normalized spacial score (nSPS) is 14.2. The number of hydrogen-bond donors (Lipinski definition) is 5. The van der Waals surface area contributed by atoms with E-state index in [4.69, 9.17) is 14.2 Å². The molecule has 0 saturated heterocycles. The van der Waals surface area contributed by atoms with E-state index in [1.54, 1.807) is 18.0 Å². The van der Waals surface area contributed by atoms with Crippen LogP contribution in [0.2, 0.25) is 0 Å². The van der Waals surface area contributed by atoms with Gasteiger partial charge in [0.1, 0.15) is 18.7 Å². The number of fused-ring (bicyclic) bond motifs is 1. The standard InChI is InChI=1S/C38H55N5O8S/c1-6-26(4)22-39-35(45)21-34(44)31(18-25(2)3)41-37(47)33(20-29-23-52-24-40-29)42-36(46)32(43-38(48)51-17-16-50-15-14-49-5)19-28-12-9-11-27-10-7-8-13-30(27)28/h7-13,23-26,31-34,44H,6,14-22H2,1-5H3,(H,39,45)(H,41,47)(H,42,46)(H,43,48)/t26?,31?,32-,33-,34?/m0/s1. The highest BCUT2D eigenvalue weighted by atomic mass is 32.1. The van der Waals surface area contributed by atoms with Gasteiger partial charge >= 0.3 is 6.09 Å². The number of nitrogens with one attached hydrogen (secondary N) is 4. The first kappa shape index (κ1) is 42.3. The second kappa shape index (κ2) is 22.7. The summed E-state index contributed by atoms with van der Waals surface area (Å²) in [5, 5.41) is 26.1. The van der Waals surface area contributed by atoms with Gasteiger partial charge in [-0.1, -0.05) is 76.6 Å². The molecule has 286 valence electrons. The molecular weight excluding hydrogens is 687 g/mol. The molecule has 5 N–H and O–H groups in total. The van der Waals surface area contributed by atoms with Crippen molar-refractivity contribution in [3.8, 4) is 0 Å². The second-order valence-electron chi connectivity index (χ2n) is 13.4. The van der Waals surface area contributed by atoms with Crippen molar-refractivity contribution in [2.75, 3.05) is 40.1 Å². The van der Waals surface area contributed by atoms with Crippen molar-refractivity contribution in [2.45, 2.75) is 84.0 Å². The largest absolute Gasteiger partial charge is 0.447 e. The number of alkyl carbamates (subject to hydrolysis) is 1. The van der Waals surface area contributed by atoms with Crippen LogP contribution in [0.3, 0.4) is 0 Å². The number of rotatable bonds is 23. The van der Waals surface area contributed by atoms with Crippen molar-refractivity contribution in [1.29, 1.82) is 0 Å². The number of carbonyl (C=O) groups is 4. The van der Waals surface area contributed by atoms with Gasteiger partial charge in [0.2, 0.25) is 17.7 Å². The van der Waals surface area contributed by atoms with Crippen molar-refractivity contribution in [2.24, 2.45) is 11.8 Å². The third kappa shape index (κ3) is 14.9. The number of methoxy groups -OCH3 is 1. The van der Waals surface area contributed by atoms with E-state index >= 15 is 0 Å². The molecule has 4 amide bonds. The van der Waals surface area contributed by atoms with Gasteiger partial charge in [-0.05, 0) is 34.6 Å². The van der Waals surface area contributed by atoms with E-state index in [2.05, 4.69) is 26.3 Å². The molecule has 0 fully saturated rings. The predicted octanol–water partition coefficient (Wildman–Crippen LogP) is 3.77. The minimum Gasteiger partial charge on any atom is -0.447 e. The van der Waals surface area contributed by atoms with Gasteiger partial charge in [-0.2, -0.15) is 0 Å². The Morgan fingerprint density at radius 2 is 1.60 bits per heavy atom. The van der Waals surface area contributed by atoms with Gasteiger partial charge in [0.05, 0.1) is 49.6 Å². The van der Waals surface area contributed by atoms with Gasteiger partial charge in [0.15, 0.2) is 0 Å². The molecule has 3 rings (SSSR count). The van der Waals surface area contributed by atoms with Crippen molar-refractivity contribution in [3.05, 3.63) is 64.6 Å². The zero-order chi connectivity index (χ0) is 37.9. The van der Waals surface area contributed by atoms with E-state index in [-0.39, 0.29) is 44.3 Å². The number of aliphatic hydroxyl groups excluding tert-OH is 1. The molecular formula is C38H55N5O8S. The summed E-state index contributed by atoms with van der Waals surface area (Å²) in [5.41, 5.74) is 3.03. The highest BCUT2D eigenvalue weighted by Gasteiger charge is 2.32. The van der Waals surface area contributed by atoms with Gasteiger partial charge in [-0.25, -0.2) is 9.78 Å². The topological polar surface area (TPSA) is 177 Å². The molecule has 0 saturated carbocycles. The number of aliphatic hydroxyl groups is 1. The van der Waals surface area contributed by atoms with Crippen LogP contribution in [0.1, 0.15) is 58.2 Å². The highest BCUT2D eigenvalue weighted by Crippen LogP contribution is 2.20. The van der Waals surface area contributed by atoms with Crippen LogP contribution in [0.5, 0.6) is 0 Å². The van der Waals surface area contributed by atoms with Crippen LogP contribution in [-0.4, -0.2) is 98.2 Å². The van der Waals surface area contributed by atoms with Gasteiger partial charge in [0, 0.05) is 31.9 Å². The molecule has 0 aliphatic heterocycles. The fraction of sp³-hybridized carbons (Fsp3) is 0.553. The lowest BCUT2D eigenvalue weighted by Gasteiger charge is -2.29. The first-order valence-corrected chi connectivity index (χ1v) is 18.8. The maximum atomic E-state index is 14.1. The van der Waals surface area contributed by atoms with Crippen molar-refractivity contribution in [1.82, 2.24) is 26.3 Å². The van der Waals surface area contributed by atoms with Crippen LogP contribution in [0.4, 0.5) is 4.79 Å². The first-order chi connectivity index (χ1) is 25.0. The maximum Gasteiger partial charge on any atom is 0.407 e. The van der Waals surface area contributed by atoms with E-state index in [0.29, 0.717) is 37.8 Å². The molecule has 3 unspecified atom stereocenters. The second-order valence-corrected chi connectivity index (χ2v) is 14.1. The summed E-state index contributed by atoms with van der Waals surface area (Å²) in [6, 6.07) is 10.5. The molecule has 0 radical (unpaired) electrons. The first-order valence-electron chi connectivity index (χ1n) is 17.9. The molecule has 3 aromatic rings. The molecule has 5 atom stereocenters. The Labute approximate surface area is 310 Å². The quantitative estimate of drug-likeness (QED) is 0.0906. The summed E-state index contributed by atoms with van der Waals surface area (Å²) < 4.78 is 15.6. The lowest BCUT2D eigenvalue weighted by Crippen LogP contribution is -2.57. The Bertz CT molecular complexity index is 1530. The Kier molecular flexibility index (Phi) is 18.5. The number of carbonyl (C=O) groups excluding carboxylic acids is 4. The molecule has 1 aromatic heterocycles. The van der Waals surface area contributed by atoms with Crippen LogP contribution in [-0.2, 0) is 41.4 Å². The predicted molar refractivity (Wildman–Crippen MR) is 201 cm³/mol. The summed E-state index contributed by atoms with van der Waals surface area (Å²) in [7, 11) is 1.56. The lowest BCUT2D eigenvalue weighted by molar-refractivity contribution is -0.131. The van der Waals surface area contributed by atoms with Crippen LogP contribution < -0.4 is 21.3 Å². The Morgan fingerprint density at radius 3 is 2.31 bits per heavy atom. The Hall–Kier alpha value is -4.11. The summed E-state index contributed by atoms with van der Waals surface area (Å²) >= 11 is 1.35. The van der Waals surface area contributed by atoms with E-state index in [9.17, 15) is 24.3 Å². The summed E-state index contributed by atoms with van der Waals surface area (Å²) in [5.74, 6) is -1.09. The average Bonchev–Trinajstić information content (AvgIpc) is 3.64. The Morgan fingerprint density at radius 1 is 0.885 bits per heavy atom. The minimum absolute atomic E-state index is 0.0395. The number of hydrogen-bond acceptors (Lipinski definition) is 10. The Balaban J connectivity index is 1.81. The number of ether oxygens (including phenoxy) is 3. The third-order valence-electron chi connectivity index (χ3n) is 8.59. The fourth-order valence-electron chi connectivity index (χ4n) is 5.49. The number of amides is 4. The van der Waals surface area contributed by atoms with Gasteiger partial charge in [-0.3, -0.25) is 14.4 Å². The van der Waals surface area contributed by atoms with Crippen LogP contribution >= 0.6 is 11.3 Å². The van der Waals surface area contributed by atoms with E-state index in [0.717, 1.165) is 22.8 Å². The molecule has 13 nitrogen and oxygen atoms in total. The molecule has 52 heavy (non-hydrogen) atoms. The van der Waals surface area contributed by atoms with Gasteiger partial charge in [0.25, 0.3) is 0 Å².